The lowest BCUT2D eigenvalue weighted by Gasteiger charge is -2.30. The molecule has 0 radical (unpaired) electrons. The van der Waals surface area contributed by atoms with Gasteiger partial charge in [0.1, 0.15) is 4.21 Å². The summed E-state index contributed by atoms with van der Waals surface area (Å²) in [6.45, 7) is 4.93. The van der Waals surface area contributed by atoms with E-state index in [1.807, 2.05) is 38.1 Å². The maximum atomic E-state index is 13.2. The van der Waals surface area contributed by atoms with Gasteiger partial charge in [-0.2, -0.15) is 9.29 Å². The van der Waals surface area contributed by atoms with Crippen LogP contribution in [0.25, 0.3) is 11.4 Å². The normalized spacial score (nSPS) is 17.4. The number of nitrogens with one attached hydrogen (secondary N) is 1. The van der Waals surface area contributed by atoms with E-state index in [1.165, 1.54) is 4.31 Å². The Morgan fingerprint density at radius 2 is 2.09 bits per heavy atom. The van der Waals surface area contributed by atoms with Gasteiger partial charge in [0, 0.05) is 37.0 Å². The molecule has 1 fully saturated rings. The van der Waals surface area contributed by atoms with Gasteiger partial charge in [0.05, 0.1) is 5.92 Å². The zero-order chi connectivity index (χ0) is 22.7. The molecule has 1 atom stereocenters. The van der Waals surface area contributed by atoms with Gasteiger partial charge in [-0.1, -0.05) is 41.9 Å². The predicted octanol–water partition coefficient (Wildman–Crippen LogP) is 3.39. The number of rotatable bonds is 7. The molecule has 0 saturated carbocycles. The lowest BCUT2D eigenvalue weighted by Crippen LogP contribution is -2.45. The van der Waals surface area contributed by atoms with E-state index in [9.17, 15) is 13.2 Å². The second-order valence-electron chi connectivity index (χ2n) is 7.93. The van der Waals surface area contributed by atoms with Crippen LogP contribution in [-0.4, -0.2) is 41.9 Å². The number of carbonyl (C=O) groups is 1. The summed E-state index contributed by atoms with van der Waals surface area (Å²) < 4.78 is 33.2. The van der Waals surface area contributed by atoms with E-state index in [1.54, 1.807) is 11.4 Å². The molecule has 8 nitrogen and oxygen atoms in total. The van der Waals surface area contributed by atoms with Crippen molar-refractivity contribution in [2.75, 3.05) is 13.1 Å². The highest BCUT2D eigenvalue weighted by atomic mass is 32.2. The van der Waals surface area contributed by atoms with Gasteiger partial charge in [-0.15, -0.1) is 11.3 Å². The molecule has 1 aliphatic rings. The van der Waals surface area contributed by atoms with Gasteiger partial charge >= 0.3 is 0 Å². The van der Waals surface area contributed by atoms with Crippen LogP contribution in [0.4, 0.5) is 0 Å². The predicted molar refractivity (Wildman–Crippen MR) is 121 cm³/mol. The third-order valence-corrected chi connectivity index (χ3v) is 8.82. The van der Waals surface area contributed by atoms with Crippen molar-refractivity contribution in [1.29, 1.82) is 0 Å². The van der Waals surface area contributed by atoms with Crippen molar-refractivity contribution >= 4 is 27.3 Å². The smallest absolute Gasteiger partial charge is 0.252 e. The molecule has 0 spiro atoms. The van der Waals surface area contributed by atoms with Gasteiger partial charge in [0.15, 0.2) is 0 Å². The molecule has 4 rings (SSSR count). The van der Waals surface area contributed by atoms with Crippen molar-refractivity contribution in [2.24, 2.45) is 5.92 Å². The first kappa shape index (κ1) is 22.6. The van der Waals surface area contributed by atoms with E-state index in [0.29, 0.717) is 49.6 Å². The van der Waals surface area contributed by atoms with Gasteiger partial charge in [0.2, 0.25) is 17.6 Å². The van der Waals surface area contributed by atoms with Crippen LogP contribution < -0.4 is 5.32 Å². The first-order valence-corrected chi connectivity index (χ1v) is 12.9. The monoisotopic (exact) mass is 474 g/mol. The molecule has 1 unspecified atom stereocenters. The average molecular weight is 475 g/mol. The number of thiophene rings is 1. The molecule has 10 heteroatoms. The maximum Gasteiger partial charge on any atom is 0.252 e. The fourth-order valence-electron chi connectivity index (χ4n) is 3.63. The van der Waals surface area contributed by atoms with Crippen molar-refractivity contribution in [1.82, 2.24) is 19.8 Å². The minimum absolute atomic E-state index is 0.115. The van der Waals surface area contributed by atoms with Crippen molar-refractivity contribution in [3.05, 3.63) is 52.7 Å². The number of aromatic nitrogens is 2. The largest absolute Gasteiger partial charge is 0.352 e. The number of hydrogen-bond acceptors (Lipinski definition) is 7. The summed E-state index contributed by atoms with van der Waals surface area (Å²) in [7, 11) is -3.70. The summed E-state index contributed by atoms with van der Waals surface area (Å²) in [4.78, 5) is 17.0. The van der Waals surface area contributed by atoms with Crippen LogP contribution in [-0.2, 0) is 27.8 Å². The zero-order valence-corrected chi connectivity index (χ0v) is 19.7. The molecule has 170 valence electrons. The van der Waals surface area contributed by atoms with Gasteiger partial charge in [-0.3, -0.25) is 4.79 Å². The lowest BCUT2D eigenvalue weighted by molar-refractivity contribution is -0.126. The van der Waals surface area contributed by atoms with Crippen LogP contribution in [0.15, 0.2) is 44.4 Å². The number of piperidine rings is 1. The number of aryl methyl sites for hydroxylation is 2. The number of benzene rings is 1. The third kappa shape index (κ3) is 4.92. The molecule has 1 aliphatic heterocycles. The third-order valence-electron chi connectivity index (χ3n) is 5.54. The summed E-state index contributed by atoms with van der Waals surface area (Å²) in [6.07, 6.45) is 1.93. The van der Waals surface area contributed by atoms with Gasteiger partial charge in [-0.05, 0) is 31.4 Å². The number of sulfonamides is 1. The molecule has 3 aromatic rings. The second-order valence-corrected chi connectivity index (χ2v) is 11.0. The molecule has 2 aromatic heterocycles. The Hall–Kier alpha value is -2.56. The molecule has 1 amide bonds. The van der Waals surface area contributed by atoms with Crippen molar-refractivity contribution in [3.63, 3.8) is 0 Å². The molecular weight excluding hydrogens is 448 g/mol. The van der Waals surface area contributed by atoms with E-state index in [-0.39, 0.29) is 22.6 Å². The molecule has 3 heterocycles. The highest BCUT2D eigenvalue weighted by Crippen LogP contribution is 2.31. The van der Waals surface area contributed by atoms with E-state index >= 15 is 0 Å². The molecule has 0 aliphatic carbocycles. The lowest BCUT2D eigenvalue weighted by atomic mass is 9.98. The van der Waals surface area contributed by atoms with Crippen LogP contribution in [0.1, 0.15) is 36.8 Å². The minimum atomic E-state index is -3.70. The van der Waals surface area contributed by atoms with Crippen molar-refractivity contribution in [3.8, 4) is 11.4 Å². The fraction of sp³-hybridized carbons (Fsp3) is 0.409. The molecular formula is C22H26N4O4S2. The van der Waals surface area contributed by atoms with Crippen LogP contribution >= 0.6 is 11.3 Å². The Labute approximate surface area is 191 Å². The van der Waals surface area contributed by atoms with Crippen LogP contribution in [0.3, 0.4) is 0 Å². The summed E-state index contributed by atoms with van der Waals surface area (Å²) in [6, 6.07) is 9.54. The van der Waals surface area contributed by atoms with E-state index < -0.39 is 10.0 Å². The van der Waals surface area contributed by atoms with Crippen LogP contribution in [0, 0.1) is 12.8 Å². The summed E-state index contributed by atoms with van der Waals surface area (Å²) in [5.41, 5.74) is 2.79. The number of nitrogens with zero attached hydrogens (tertiary/aromatic N) is 3. The molecule has 32 heavy (non-hydrogen) atoms. The van der Waals surface area contributed by atoms with Crippen molar-refractivity contribution < 1.29 is 17.7 Å². The van der Waals surface area contributed by atoms with E-state index in [2.05, 4.69) is 15.5 Å². The highest BCUT2D eigenvalue weighted by Gasteiger charge is 2.34. The van der Waals surface area contributed by atoms with Crippen LogP contribution in [0.2, 0.25) is 0 Å². The zero-order valence-electron chi connectivity index (χ0n) is 18.1. The van der Waals surface area contributed by atoms with Gasteiger partial charge in [-0.25, -0.2) is 8.42 Å². The molecule has 1 saturated heterocycles. The van der Waals surface area contributed by atoms with E-state index in [0.717, 1.165) is 22.5 Å². The van der Waals surface area contributed by atoms with E-state index in [4.69, 9.17) is 4.52 Å². The Balaban J connectivity index is 1.41. The Morgan fingerprint density at radius 1 is 1.31 bits per heavy atom. The Kier molecular flexibility index (Phi) is 6.73. The van der Waals surface area contributed by atoms with Crippen LogP contribution in [0.5, 0.6) is 0 Å². The van der Waals surface area contributed by atoms with Crippen molar-refractivity contribution in [2.45, 2.75) is 43.9 Å². The number of carbonyl (C=O) groups excluding carboxylic acids is 1. The number of hydrogen-bond donors (Lipinski definition) is 1. The maximum absolute atomic E-state index is 13.2. The Morgan fingerprint density at radius 3 is 2.81 bits per heavy atom. The van der Waals surface area contributed by atoms with Gasteiger partial charge < -0.3 is 9.84 Å². The second kappa shape index (κ2) is 9.51. The quantitative estimate of drug-likeness (QED) is 0.563. The molecule has 1 aromatic carbocycles. The summed E-state index contributed by atoms with van der Waals surface area (Å²) in [5, 5.41) is 8.57. The van der Waals surface area contributed by atoms with Gasteiger partial charge in [0.25, 0.3) is 10.0 Å². The highest BCUT2D eigenvalue weighted by molar-refractivity contribution is 7.91. The summed E-state index contributed by atoms with van der Waals surface area (Å²) >= 11 is 1.13. The first-order chi connectivity index (χ1) is 15.4. The fourth-order valence-corrected chi connectivity index (χ4v) is 6.46. The molecule has 1 N–H and O–H groups in total. The summed E-state index contributed by atoms with van der Waals surface area (Å²) in [5.74, 6) is 0.404. The Bertz CT molecular complexity index is 1180. The first-order valence-electron chi connectivity index (χ1n) is 10.6. The average Bonchev–Trinajstić information content (AvgIpc) is 3.48. The standard InChI is InChI=1S/C22H26N4O4S2/c1-3-19-24-21(25-30-19)18-11-20(31-14-18)32(28,29)26-10-4-5-17(13-26)22(27)23-12-16-8-6-15(2)7-9-16/h6-9,11,14,17H,3-5,10,12-13H2,1-2H3,(H,23,27). The minimum Gasteiger partial charge on any atom is -0.352 e. The number of amides is 1. The SMILES string of the molecule is CCc1nc(-c2csc(S(=O)(=O)N3CCCC(C(=O)NCc4ccc(C)cc4)C3)c2)no1. The topological polar surface area (TPSA) is 105 Å². The molecule has 0 bridgehead atoms.